The van der Waals surface area contributed by atoms with E-state index in [1.54, 1.807) is 30.3 Å². The lowest BCUT2D eigenvalue weighted by molar-refractivity contribution is -0.138. The molecule has 1 aromatic rings. The van der Waals surface area contributed by atoms with Crippen LogP contribution in [0.3, 0.4) is 0 Å². The SMILES string of the molecule is O=C(CCCC(F)(F)F)C(O)c1ccccc1. The molecule has 0 fully saturated rings. The summed E-state index contributed by atoms with van der Waals surface area (Å²) in [5.41, 5.74) is 0.407. The predicted molar refractivity (Wildman–Crippen MR) is 56.3 cm³/mol. The number of benzene rings is 1. The van der Waals surface area contributed by atoms with Gasteiger partial charge in [-0.15, -0.1) is 0 Å². The van der Waals surface area contributed by atoms with Crippen LogP contribution in [-0.4, -0.2) is 17.1 Å². The minimum Gasteiger partial charge on any atom is -0.381 e. The normalized spacial score (nSPS) is 13.4. The summed E-state index contributed by atoms with van der Waals surface area (Å²) in [6, 6.07) is 8.16. The van der Waals surface area contributed by atoms with Crippen LogP contribution in [0.25, 0.3) is 0 Å². The van der Waals surface area contributed by atoms with Crippen LogP contribution in [0.1, 0.15) is 30.9 Å². The maximum atomic E-state index is 11.9. The molecule has 0 spiro atoms. The third kappa shape index (κ3) is 4.99. The molecule has 0 aromatic heterocycles. The van der Waals surface area contributed by atoms with E-state index in [0.717, 1.165) is 0 Å². The zero-order chi connectivity index (χ0) is 12.9. The second-order valence-electron chi connectivity index (χ2n) is 3.75. The van der Waals surface area contributed by atoms with Crippen molar-refractivity contribution < 1.29 is 23.1 Å². The Hall–Kier alpha value is -1.36. The highest BCUT2D eigenvalue weighted by Gasteiger charge is 2.27. The number of Topliss-reactive ketones (excluding diaryl/α,β-unsaturated/α-hetero) is 1. The van der Waals surface area contributed by atoms with Crippen LogP contribution >= 0.6 is 0 Å². The minimum absolute atomic E-state index is 0.268. The molecule has 94 valence electrons. The van der Waals surface area contributed by atoms with Crippen molar-refractivity contribution in [3.8, 4) is 0 Å². The molecule has 5 heteroatoms. The summed E-state index contributed by atoms with van der Waals surface area (Å²) in [6.07, 6.45) is -7.13. The molecule has 2 nitrogen and oxygen atoms in total. The molecule has 0 radical (unpaired) electrons. The van der Waals surface area contributed by atoms with Crippen molar-refractivity contribution in [2.75, 3.05) is 0 Å². The molecule has 0 bridgehead atoms. The van der Waals surface area contributed by atoms with E-state index in [4.69, 9.17) is 0 Å². The van der Waals surface area contributed by atoms with Crippen molar-refractivity contribution in [2.24, 2.45) is 0 Å². The van der Waals surface area contributed by atoms with Gasteiger partial charge in [-0.1, -0.05) is 30.3 Å². The number of alkyl halides is 3. The Kier molecular flexibility index (Phi) is 4.69. The molecule has 0 saturated heterocycles. The summed E-state index contributed by atoms with van der Waals surface area (Å²) in [7, 11) is 0. The first-order valence-electron chi connectivity index (χ1n) is 5.22. The number of halogens is 3. The predicted octanol–water partition coefficient (Wildman–Crippen LogP) is 3.02. The van der Waals surface area contributed by atoms with Crippen LogP contribution in [0.5, 0.6) is 0 Å². The third-order valence-electron chi connectivity index (χ3n) is 2.30. The van der Waals surface area contributed by atoms with Crippen LogP contribution in [-0.2, 0) is 4.79 Å². The molecule has 0 saturated carbocycles. The second-order valence-corrected chi connectivity index (χ2v) is 3.75. The smallest absolute Gasteiger partial charge is 0.381 e. The first-order chi connectivity index (χ1) is 7.90. The number of aliphatic hydroxyl groups excluding tert-OH is 1. The average Bonchev–Trinajstić information content (AvgIpc) is 2.27. The summed E-state index contributed by atoms with van der Waals surface area (Å²) in [5, 5.41) is 9.59. The number of ketones is 1. The summed E-state index contributed by atoms with van der Waals surface area (Å²) in [4.78, 5) is 11.4. The fraction of sp³-hybridized carbons (Fsp3) is 0.417. The Balaban J connectivity index is 2.43. The van der Waals surface area contributed by atoms with E-state index in [9.17, 15) is 23.1 Å². The molecular weight excluding hydrogens is 233 g/mol. The zero-order valence-corrected chi connectivity index (χ0v) is 9.07. The molecule has 17 heavy (non-hydrogen) atoms. The topological polar surface area (TPSA) is 37.3 Å². The maximum absolute atomic E-state index is 11.9. The van der Waals surface area contributed by atoms with Gasteiger partial charge >= 0.3 is 6.18 Å². The molecule has 0 amide bonds. The van der Waals surface area contributed by atoms with Crippen LogP contribution in [0.2, 0.25) is 0 Å². The third-order valence-corrected chi connectivity index (χ3v) is 2.30. The van der Waals surface area contributed by atoms with Crippen molar-refractivity contribution in [1.29, 1.82) is 0 Å². The van der Waals surface area contributed by atoms with Gasteiger partial charge in [-0.2, -0.15) is 13.2 Å². The number of hydrogen-bond donors (Lipinski definition) is 1. The standard InChI is InChI=1S/C12H13F3O2/c13-12(14,15)8-4-7-10(16)11(17)9-5-2-1-3-6-9/h1-3,5-6,11,17H,4,7-8H2. The number of aliphatic hydroxyl groups is 1. The maximum Gasteiger partial charge on any atom is 0.389 e. The van der Waals surface area contributed by atoms with E-state index in [2.05, 4.69) is 0 Å². The van der Waals surface area contributed by atoms with Crippen molar-refractivity contribution >= 4 is 5.78 Å². The van der Waals surface area contributed by atoms with Gasteiger partial charge in [0.05, 0.1) is 0 Å². The number of carbonyl (C=O) groups is 1. The van der Waals surface area contributed by atoms with Crippen molar-refractivity contribution in [3.63, 3.8) is 0 Å². The Morgan fingerprint density at radius 1 is 1.24 bits per heavy atom. The van der Waals surface area contributed by atoms with Crippen LogP contribution in [0.4, 0.5) is 13.2 Å². The van der Waals surface area contributed by atoms with Gasteiger partial charge < -0.3 is 5.11 Å². The van der Waals surface area contributed by atoms with E-state index in [1.165, 1.54) is 0 Å². The Morgan fingerprint density at radius 3 is 2.35 bits per heavy atom. The summed E-state index contributed by atoms with van der Waals surface area (Å²) in [5.74, 6) is -0.583. The molecule has 1 rings (SSSR count). The van der Waals surface area contributed by atoms with E-state index >= 15 is 0 Å². The fourth-order valence-electron chi connectivity index (χ4n) is 1.42. The highest BCUT2D eigenvalue weighted by molar-refractivity contribution is 5.84. The minimum atomic E-state index is -4.25. The van der Waals surface area contributed by atoms with E-state index in [-0.39, 0.29) is 12.8 Å². The number of carbonyl (C=O) groups excluding carboxylic acids is 1. The largest absolute Gasteiger partial charge is 0.389 e. The quantitative estimate of drug-likeness (QED) is 0.867. The number of hydrogen-bond acceptors (Lipinski definition) is 2. The first kappa shape index (κ1) is 13.7. The van der Waals surface area contributed by atoms with Gasteiger partial charge in [-0.05, 0) is 12.0 Å². The lowest BCUT2D eigenvalue weighted by Crippen LogP contribution is -2.14. The molecular formula is C12H13F3O2. The van der Waals surface area contributed by atoms with Crippen molar-refractivity contribution in [2.45, 2.75) is 31.5 Å². The Bertz CT molecular complexity index is 360. The van der Waals surface area contributed by atoms with Crippen LogP contribution < -0.4 is 0 Å². The number of rotatable bonds is 5. The molecule has 0 aliphatic heterocycles. The van der Waals surface area contributed by atoms with Crippen molar-refractivity contribution in [3.05, 3.63) is 35.9 Å². The molecule has 1 aromatic carbocycles. The monoisotopic (exact) mass is 246 g/mol. The Morgan fingerprint density at radius 2 is 1.82 bits per heavy atom. The van der Waals surface area contributed by atoms with Crippen LogP contribution in [0.15, 0.2) is 30.3 Å². The highest BCUT2D eigenvalue weighted by atomic mass is 19.4. The molecule has 0 aliphatic carbocycles. The lowest BCUT2D eigenvalue weighted by atomic mass is 10.0. The second kappa shape index (κ2) is 5.82. The van der Waals surface area contributed by atoms with E-state index in [1.807, 2.05) is 0 Å². The summed E-state index contributed by atoms with van der Waals surface area (Å²) in [6.45, 7) is 0. The van der Waals surface area contributed by atoms with Gasteiger partial charge in [0.2, 0.25) is 0 Å². The molecule has 0 aliphatic rings. The molecule has 1 N–H and O–H groups in total. The first-order valence-corrected chi connectivity index (χ1v) is 5.22. The van der Waals surface area contributed by atoms with Gasteiger partial charge in [0, 0.05) is 12.8 Å². The van der Waals surface area contributed by atoms with E-state index in [0.29, 0.717) is 5.56 Å². The summed E-state index contributed by atoms with van der Waals surface area (Å²) < 4.78 is 35.6. The zero-order valence-electron chi connectivity index (χ0n) is 9.07. The van der Waals surface area contributed by atoms with Gasteiger partial charge in [-0.3, -0.25) is 4.79 Å². The highest BCUT2D eigenvalue weighted by Crippen LogP contribution is 2.23. The van der Waals surface area contributed by atoms with E-state index < -0.39 is 24.5 Å². The van der Waals surface area contributed by atoms with Crippen molar-refractivity contribution in [1.82, 2.24) is 0 Å². The van der Waals surface area contributed by atoms with Gasteiger partial charge in [0.15, 0.2) is 5.78 Å². The fourth-order valence-corrected chi connectivity index (χ4v) is 1.42. The van der Waals surface area contributed by atoms with Gasteiger partial charge in [-0.25, -0.2) is 0 Å². The molecule has 1 unspecified atom stereocenters. The summed E-state index contributed by atoms with van der Waals surface area (Å²) >= 11 is 0. The molecule has 0 heterocycles. The van der Waals surface area contributed by atoms with Gasteiger partial charge in [0.1, 0.15) is 6.10 Å². The average molecular weight is 246 g/mol. The van der Waals surface area contributed by atoms with Gasteiger partial charge in [0.25, 0.3) is 0 Å². The molecule has 1 atom stereocenters. The van der Waals surface area contributed by atoms with Crippen LogP contribution in [0, 0.1) is 0 Å². The Labute approximate surface area is 97.1 Å². The lowest BCUT2D eigenvalue weighted by Gasteiger charge is -2.10.